The number of unbranched alkanes of at least 4 members (excludes halogenated alkanes) is 3. The van der Waals surface area contributed by atoms with Gasteiger partial charge in [0.05, 0.1) is 0 Å². The van der Waals surface area contributed by atoms with Crippen molar-refractivity contribution >= 4 is 11.8 Å². The molecular formula is C20H30O3. The van der Waals surface area contributed by atoms with Gasteiger partial charge >= 0.3 is 5.97 Å². The van der Waals surface area contributed by atoms with Crippen LogP contribution in [0.3, 0.4) is 0 Å². The molecule has 0 aromatic rings. The highest BCUT2D eigenvalue weighted by Gasteiger charge is 1.94. The number of carbonyl (C=O) groups is 2. The highest BCUT2D eigenvalue weighted by molar-refractivity contribution is 5.89. The van der Waals surface area contributed by atoms with Gasteiger partial charge in [-0.3, -0.25) is 9.59 Å². The first-order valence-corrected chi connectivity index (χ1v) is 8.54. The van der Waals surface area contributed by atoms with E-state index in [9.17, 15) is 9.59 Å². The molecule has 0 heterocycles. The summed E-state index contributed by atoms with van der Waals surface area (Å²) in [5, 5.41) is 8.49. The quantitative estimate of drug-likeness (QED) is 0.202. The summed E-state index contributed by atoms with van der Waals surface area (Å²) in [7, 11) is 0. The summed E-state index contributed by atoms with van der Waals surface area (Å²) >= 11 is 0. The summed E-state index contributed by atoms with van der Waals surface area (Å²) in [4.78, 5) is 21.8. The smallest absolute Gasteiger partial charge is 0.303 e. The zero-order chi connectivity index (χ0) is 17.2. The van der Waals surface area contributed by atoms with E-state index in [1.165, 1.54) is 0 Å². The maximum atomic E-state index is 11.5. The molecule has 3 nitrogen and oxygen atoms in total. The van der Waals surface area contributed by atoms with E-state index in [2.05, 4.69) is 25.2 Å². The van der Waals surface area contributed by atoms with E-state index in [0.29, 0.717) is 12.8 Å². The van der Waals surface area contributed by atoms with Crippen LogP contribution in [0, 0.1) is 0 Å². The van der Waals surface area contributed by atoms with Crippen molar-refractivity contribution < 1.29 is 14.7 Å². The molecule has 0 bridgehead atoms. The molecule has 0 aromatic carbocycles. The summed E-state index contributed by atoms with van der Waals surface area (Å²) in [6, 6.07) is 0. The molecule has 0 fully saturated rings. The first kappa shape index (κ1) is 21.1. The number of carbonyl (C=O) groups excluding carboxylic acids is 1. The zero-order valence-electron chi connectivity index (χ0n) is 14.2. The second-order valence-corrected chi connectivity index (χ2v) is 5.41. The molecule has 0 amide bonds. The predicted octanol–water partition coefficient (Wildman–Crippen LogP) is 5.40. The van der Waals surface area contributed by atoms with Gasteiger partial charge in [0.15, 0.2) is 5.78 Å². The molecule has 128 valence electrons. The van der Waals surface area contributed by atoms with Crippen molar-refractivity contribution in [3.8, 4) is 0 Å². The van der Waals surface area contributed by atoms with Crippen LogP contribution in [0.25, 0.3) is 0 Å². The number of hydrogen-bond donors (Lipinski definition) is 1. The molecule has 0 radical (unpaired) electrons. The minimum Gasteiger partial charge on any atom is -0.481 e. The third-order valence-corrected chi connectivity index (χ3v) is 3.20. The SMILES string of the molecule is CCCCCC(=O)/C=C/C=C/C/C=C\C/C=C/CCCC(=O)O. The molecule has 3 heteroatoms. The molecule has 0 aliphatic rings. The standard InChI is InChI=1S/C20H30O3/c1-2-3-13-16-19(21)17-14-11-9-7-5-4-6-8-10-12-15-18-20(22)23/h4-5,8-11,14,17H,2-3,6-7,12-13,15-16,18H2,1H3,(H,22,23)/b5-4-,10-8+,11-9+,17-14+. The van der Waals surface area contributed by atoms with Gasteiger partial charge in [0.1, 0.15) is 0 Å². The summed E-state index contributed by atoms with van der Waals surface area (Å²) < 4.78 is 0. The van der Waals surface area contributed by atoms with Crippen molar-refractivity contribution in [2.24, 2.45) is 0 Å². The molecule has 0 aliphatic heterocycles. The lowest BCUT2D eigenvalue weighted by Gasteiger charge is -1.92. The zero-order valence-corrected chi connectivity index (χ0v) is 14.2. The highest BCUT2D eigenvalue weighted by atomic mass is 16.4. The molecule has 0 atom stereocenters. The van der Waals surface area contributed by atoms with Crippen molar-refractivity contribution in [2.45, 2.75) is 64.7 Å². The first-order chi connectivity index (χ1) is 11.2. The van der Waals surface area contributed by atoms with E-state index >= 15 is 0 Å². The van der Waals surface area contributed by atoms with E-state index in [1.807, 2.05) is 24.3 Å². The first-order valence-electron chi connectivity index (χ1n) is 8.54. The molecule has 0 aliphatic carbocycles. The van der Waals surface area contributed by atoms with Crippen LogP contribution < -0.4 is 0 Å². The monoisotopic (exact) mass is 318 g/mol. The van der Waals surface area contributed by atoms with Gasteiger partial charge in [0.25, 0.3) is 0 Å². The summed E-state index contributed by atoms with van der Waals surface area (Å²) in [5.41, 5.74) is 0. The topological polar surface area (TPSA) is 54.4 Å². The minimum absolute atomic E-state index is 0.201. The average molecular weight is 318 g/mol. The number of carboxylic acid groups (broad SMARTS) is 1. The van der Waals surface area contributed by atoms with Crippen molar-refractivity contribution in [2.75, 3.05) is 0 Å². The van der Waals surface area contributed by atoms with Crippen LogP contribution in [0.4, 0.5) is 0 Å². The maximum Gasteiger partial charge on any atom is 0.303 e. The highest BCUT2D eigenvalue weighted by Crippen LogP contribution is 2.01. The Hall–Kier alpha value is -1.90. The van der Waals surface area contributed by atoms with Crippen LogP contribution in [-0.2, 0) is 9.59 Å². The number of rotatable bonds is 14. The van der Waals surface area contributed by atoms with Gasteiger partial charge in [-0.25, -0.2) is 0 Å². The molecule has 0 spiro atoms. The lowest BCUT2D eigenvalue weighted by molar-refractivity contribution is -0.137. The Labute approximate surface area is 140 Å². The molecule has 0 saturated heterocycles. The van der Waals surface area contributed by atoms with E-state index in [4.69, 9.17) is 5.11 Å². The Bertz CT molecular complexity index is 428. The molecule has 23 heavy (non-hydrogen) atoms. The van der Waals surface area contributed by atoms with Crippen molar-refractivity contribution in [3.63, 3.8) is 0 Å². The van der Waals surface area contributed by atoms with Gasteiger partial charge < -0.3 is 5.11 Å². The summed E-state index contributed by atoms with van der Waals surface area (Å²) in [5.74, 6) is -0.534. The summed E-state index contributed by atoms with van der Waals surface area (Å²) in [6.07, 6.45) is 23.0. The van der Waals surface area contributed by atoms with E-state index in [0.717, 1.165) is 38.5 Å². The Morgan fingerprint density at radius 1 is 0.826 bits per heavy atom. The number of hydrogen-bond acceptors (Lipinski definition) is 2. The summed E-state index contributed by atoms with van der Waals surface area (Å²) in [6.45, 7) is 2.13. The second kappa shape index (κ2) is 16.5. The third kappa shape index (κ3) is 18.1. The Morgan fingerprint density at radius 3 is 2.22 bits per heavy atom. The number of carboxylic acids is 1. The fourth-order valence-electron chi connectivity index (χ4n) is 1.89. The van der Waals surface area contributed by atoms with Crippen molar-refractivity contribution in [1.29, 1.82) is 0 Å². The molecule has 0 aromatic heterocycles. The Kier molecular flexibility index (Phi) is 15.1. The lowest BCUT2D eigenvalue weighted by atomic mass is 10.1. The molecule has 1 N–H and O–H groups in total. The predicted molar refractivity (Wildman–Crippen MR) is 96.4 cm³/mol. The van der Waals surface area contributed by atoms with Crippen LogP contribution in [0.2, 0.25) is 0 Å². The molecular weight excluding hydrogens is 288 g/mol. The fraction of sp³-hybridized carbons (Fsp3) is 0.500. The van der Waals surface area contributed by atoms with Crippen LogP contribution in [0.1, 0.15) is 64.7 Å². The Morgan fingerprint density at radius 2 is 1.52 bits per heavy atom. The number of aliphatic carboxylic acids is 1. The van der Waals surface area contributed by atoms with Crippen LogP contribution in [0.15, 0.2) is 48.6 Å². The Balaban J connectivity index is 3.59. The average Bonchev–Trinajstić information content (AvgIpc) is 2.51. The second-order valence-electron chi connectivity index (χ2n) is 5.41. The van der Waals surface area contributed by atoms with Crippen LogP contribution in [0.5, 0.6) is 0 Å². The van der Waals surface area contributed by atoms with Gasteiger partial charge in [0, 0.05) is 12.8 Å². The van der Waals surface area contributed by atoms with Crippen molar-refractivity contribution in [3.05, 3.63) is 48.6 Å². The van der Waals surface area contributed by atoms with Crippen molar-refractivity contribution in [1.82, 2.24) is 0 Å². The van der Waals surface area contributed by atoms with Gasteiger partial charge in [-0.1, -0.05) is 62.3 Å². The number of allylic oxidation sites excluding steroid dienone is 8. The van der Waals surface area contributed by atoms with E-state index in [1.54, 1.807) is 6.08 Å². The van der Waals surface area contributed by atoms with Gasteiger partial charge in [-0.2, -0.15) is 0 Å². The largest absolute Gasteiger partial charge is 0.481 e. The van der Waals surface area contributed by atoms with Crippen LogP contribution >= 0.6 is 0 Å². The minimum atomic E-state index is -0.734. The van der Waals surface area contributed by atoms with E-state index < -0.39 is 5.97 Å². The maximum absolute atomic E-state index is 11.5. The third-order valence-electron chi connectivity index (χ3n) is 3.20. The fourth-order valence-corrected chi connectivity index (χ4v) is 1.89. The van der Waals surface area contributed by atoms with Gasteiger partial charge in [0.2, 0.25) is 0 Å². The van der Waals surface area contributed by atoms with Crippen LogP contribution in [-0.4, -0.2) is 16.9 Å². The molecule has 0 rings (SSSR count). The molecule has 0 unspecified atom stereocenters. The lowest BCUT2D eigenvalue weighted by Crippen LogP contribution is -1.92. The normalized spacial score (nSPS) is 12.2. The molecule has 0 saturated carbocycles. The number of ketones is 1. The van der Waals surface area contributed by atoms with Gasteiger partial charge in [-0.05, 0) is 38.2 Å². The van der Waals surface area contributed by atoms with Gasteiger partial charge in [-0.15, -0.1) is 0 Å². The van der Waals surface area contributed by atoms with E-state index in [-0.39, 0.29) is 12.2 Å².